The molecule has 76 valence electrons. The largest absolute Gasteiger partial charge is 0.469 e. The van der Waals surface area contributed by atoms with E-state index in [9.17, 15) is 4.79 Å². The third kappa shape index (κ3) is 2.67. The van der Waals surface area contributed by atoms with E-state index in [2.05, 4.69) is 4.74 Å². The number of hydrogen-bond acceptors (Lipinski definition) is 4. The molecule has 0 aromatic heterocycles. The molecule has 0 aliphatic carbocycles. The van der Waals surface area contributed by atoms with Crippen molar-refractivity contribution in [1.82, 2.24) is 0 Å². The normalized spacial score (nSPS) is 20.2. The van der Waals surface area contributed by atoms with Crippen molar-refractivity contribution in [3.8, 4) is 0 Å². The lowest BCUT2D eigenvalue weighted by Crippen LogP contribution is -2.33. The van der Waals surface area contributed by atoms with E-state index >= 15 is 0 Å². The number of carbonyl (C=O) groups is 1. The molecule has 0 N–H and O–H groups in total. The molecule has 1 saturated heterocycles. The lowest BCUT2D eigenvalue weighted by atomic mass is 10.1. The summed E-state index contributed by atoms with van der Waals surface area (Å²) in [5.41, 5.74) is 0. The summed E-state index contributed by atoms with van der Waals surface area (Å²) in [6, 6.07) is 0. The first-order chi connectivity index (χ1) is 6.22. The molecule has 0 radical (unpaired) electrons. The molecule has 1 heterocycles. The van der Waals surface area contributed by atoms with Crippen molar-refractivity contribution in [2.75, 3.05) is 20.3 Å². The maximum atomic E-state index is 11.1. The summed E-state index contributed by atoms with van der Waals surface area (Å²) in [5.74, 6) is -0.989. The van der Waals surface area contributed by atoms with Gasteiger partial charge in [0.05, 0.1) is 26.7 Å². The molecule has 1 rings (SSSR count). The standard InChI is InChI=1S/C9H16O4/c1-3-4-9(7-8(10)11-2)12-5-6-13-9/h3-7H2,1-2H3. The van der Waals surface area contributed by atoms with Crippen LogP contribution in [0.5, 0.6) is 0 Å². The van der Waals surface area contributed by atoms with Gasteiger partial charge < -0.3 is 14.2 Å². The van der Waals surface area contributed by atoms with E-state index < -0.39 is 5.79 Å². The van der Waals surface area contributed by atoms with Crippen molar-refractivity contribution in [3.63, 3.8) is 0 Å². The second-order valence-corrected chi connectivity index (χ2v) is 3.11. The quantitative estimate of drug-likeness (QED) is 0.619. The van der Waals surface area contributed by atoms with Crippen molar-refractivity contribution >= 4 is 5.97 Å². The number of methoxy groups -OCH3 is 1. The molecule has 0 aromatic carbocycles. The van der Waals surface area contributed by atoms with Crippen LogP contribution in [-0.2, 0) is 19.0 Å². The number of ether oxygens (including phenoxy) is 3. The highest BCUT2D eigenvalue weighted by atomic mass is 16.7. The van der Waals surface area contributed by atoms with Crippen molar-refractivity contribution in [2.24, 2.45) is 0 Å². The fourth-order valence-corrected chi connectivity index (χ4v) is 1.50. The third-order valence-corrected chi connectivity index (χ3v) is 2.09. The first kappa shape index (κ1) is 10.5. The Kier molecular flexibility index (Phi) is 3.69. The topological polar surface area (TPSA) is 44.8 Å². The van der Waals surface area contributed by atoms with E-state index in [1.165, 1.54) is 7.11 Å². The van der Waals surface area contributed by atoms with Crippen molar-refractivity contribution in [3.05, 3.63) is 0 Å². The minimum absolute atomic E-state index is 0.192. The second-order valence-electron chi connectivity index (χ2n) is 3.11. The molecule has 0 aromatic rings. The molecule has 0 atom stereocenters. The van der Waals surface area contributed by atoms with Crippen molar-refractivity contribution < 1.29 is 19.0 Å². The Hall–Kier alpha value is -0.610. The molecule has 0 bridgehead atoms. The molecule has 13 heavy (non-hydrogen) atoms. The maximum absolute atomic E-state index is 11.1. The Balaban J connectivity index is 2.51. The summed E-state index contributed by atoms with van der Waals surface area (Å²) in [6.45, 7) is 3.16. The van der Waals surface area contributed by atoms with Crippen LogP contribution < -0.4 is 0 Å². The van der Waals surface area contributed by atoms with E-state index in [1.807, 2.05) is 6.92 Å². The fourth-order valence-electron chi connectivity index (χ4n) is 1.50. The Morgan fingerprint density at radius 1 is 1.46 bits per heavy atom. The number of carbonyl (C=O) groups excluding carboxylic acids is 1. The average molecular weight is 188 g/mol. The van der Waals surface area contributed by atoms with Gasteiger partial charge >= 0.3 is 5.97 Å². The van der Waals surface area contributed by atoms with Crippen LogP contribution in [0.2, 0.25) is 0 Å². The Labute approximate surface area is 78.2 Å². The van der Waals surface area contributed by atoms with E-state index in [4.69, 9.17) is 9.47 Å². The van der Waals surface area contributed by atoms with Gasteiger partial charge in [-0.2, -0.15) is 0 Å². The molecule has 0 saturated carbocycles. The third-order valence-electron chi connectivity index (χ3n) is 2.09. The van der Waals surface area contributed by atoms with Crippen LogP contribution in [0.1, 0.15) is 26.2 Å². The van der Waals surface area contributed by atoms with Crippen LogP contribution in [0.25, 0.3) is 0 Å². The molecule has 1 aliphatic rings. The second kappa shape index (κ2) is 4.58. The van der Waals surface area contributed by atoms with Crippen molar-refractivity contribution in [2.45, 2.75) is 32.0 Å². The first-order valence-electron chi connectivity index (χ1n) is 4.57. The summed E-state index contributed by atoms with van der Waals surface area (Å²) < 4.78 is 15.4. The van der Waals surface area contributed by atoms with Crippen LogP contribution in [0.15, 0.2) is 0 Å². The SMILES string of the molecule is CCCC1(CC(=O)OC)OCCO1. The molecular formula is C9H16O4. The predicted octanol–water partition coefficient (Wildman–Crippen LogP) is 1.09. The first-order valence-corrected chi connectivity index (χ1v) is 4.57. The summed E-state index contributed by atoms with van der Waals surface area (Å²) in [6.07, 6.45) is 1.86. The summed E-state index contributed by atoms with van der Waals surface area (Å²) in [7, 11) is 1.37. The predicted molar refractivity (Wildman–Crippen MR) is 46.2 cm³/mol. The maximum Gasteiger partial charge on any atom is 0.310 e. The molecule has 4 heteroatoms. The van der Waals surface area contributed by atoms with E-state index in [0.717, 1.165) is 12.8 Å². The molecule has 1 fully saturated rings. The van der Waals surface area contributed by atoms with Gasteiger partial charge in [-0.1, -0.05) is 13.3 Å². The van der Waals surface area contributed by atoms with Crippen LogP contribution >= 0.6 is 0 Å². The average Bonchev–Trinajstić information content (AvgIpc) is 2.54. The summed E-state index contributed by atoms with van der Waals surface area (Å²) in [4.78, 5) is 11.1. The molecular weight excluding hydrogens is 172 g/mol. The van der Waals surface area contributed by atoms with Gasteiger partial charge in [-0.3, -0.25) is 4.79 Å². The molecule has 1 aliphatic heterocycles. The Morgan fingerprint density at radius 2 is 2.08 bits per heavy atom. The zero-order valence-electron chi connectivity index (χ0n) is 8.17. The zero-order valence-corrected chi connectivity index (χ0v) is 8.17. The van der Waals surface area contributed by atoms with Gasteiger partial charge in [0, 0.05) is 6.42 Å². The zero-order chi connectivity index (χ0) is 9.73. The van der Waals surface area contributed by atoms with Gasteiger partial charge in [0.25, 0.3) is 0 Å². The smallest absolute Gasteiger partial charge is 0.310 e. The van der Waals surface area contributed by atoms with Crippen LogP contribution in [-0.4, -0.2) is 32.1 Å². The van der Waals surface area contributed by atoms with Crippen molar-refractivity contribution in [1.29, 1.82) is 0 Å². The van der Waals surface area contributed by atoms with Gasteiger partial charge in [0.2, 0.25) is 0 Å². The minimum atomic E-state index is -0.707. The van der Waals surface area contributed by atoms with E-state index in [1.54, 1.807) is 0 Å². The van der Waals surface area contributed by atoms with Crippen LogP contribution in [0, 0.1) is 0 Å². The molecule has 0 amide bonds. The van der Waals surface area contributed by atoms with Gasteiger partial charge in [0.15, 0.2) is 5.79 Å². The van der Waals surface area contributed by atoms with Gasteiger partial charge in [-0.05, 0) is 0 Å². The highest BCUT2D eigenvalue weighted by Gasteiger charge is 2.38. The molecule has 0 unspecified atom stereocenters. The highest BCUT2D eigenvalue weighted by molar-refractivity contribution is 5.70. The summed E-state index contributed by atoms with van der Waals surface area (Å²) in [5, 5.41) is 0. The lowest BCUT2D eigenvalue weighted by Gasteiger charge is -2.25. The molecule has 4 nitrogen and oxygen atoms in total. The lowest BCUT2D eigenvalue weighted by molar-refractivity contribution is -0.183. The van der Waals surface area contributed by atoms with Crippen LogP contribution in [0.3, 0.4) is 0 Å². The fraction of sp³-hybridized carbons (Fsp3) is 0.889. The Bertz CT molecular complexity index is 172. The van der Waals surface area contributed by atoms with E-state index in [0.29, 0.717) is 13.2 Å². The number of hydrogen-bond donors (Lipinski definition) is 0. The van der Waals surface area contributed by atoms with Gasteiger partial charge in [-0.15, -0.1) is 0 Å². The number of rotatable bonds is 4. The Morgan fingerprint density at radius 3 is 2.54 bits per heavy atom. The van der Waals surface area contributed by atoms with E-state index in [-0.39, 0.29) is 12.4 Å². The van der Waals surface area contributed by atoms with Gasteiger partial charge in [0.1, 0.15) is 0 Å². The molecule has 0 spiro atoms. The van der Waals surface area contributed by atoms with Gasteiger partial charge in [-0.25, -0.2) is 0 Å². The highest BCUT2D eigenvalue weighted by Crippen LogP contribution is 2.28. The van der Waals surface area contributed by atoms with Crippen LogP contribution in [0.4, 0.5) is 0 Å². The minimum Gasteiger partial charge on any atom is -0.469 e. The monoisotopic (exact) mass is 188 g/mol. The summed E-state index contributed by atoms with van der Waals surface area (Å²) >= 11 is 0. The number of esters is 1.